The second-order valence-electron chi connectivity index (χ2n) is 17.6. The van der Waals surface area contributed by atoms with Crippen molar-refractivity contribution in [3.8, 4) is 11.3 Å². The van der Waals surface area contributed by atoms with Crippen molar-refractivity contribution in [2.24, 2.45) is 10.7 Å². The lowest BCUT2D eigenvalue weighted by atomic mass is 9.90. The Morgan fingerprint density at radius 1 is 0.924 bits per heavy atom. The highest BCUT2D eigenvalue weighted by atomic mass is 32.2. The number of anilines is 1. The van der Waals surface area contributed by atoms with Crippen LogP contribution in [0.2, 0.25) is 0 Å². The molecule has 18 nitrogen and oxygen atoms in total. The van der Waals surface area contributed by atoms with Gasteiger partial charge in [-0.1, -0.05) is 65.4 Å². The van der Waals surface area contributed by atoms with Crippen LogP contribution in [0.25, 0.3) is 43.6 Å². The molecule has 0 bridgehead atoms. The Labute approximate surface area is 383 Å². The molecule has 0 saturated carbocycles. The number of guanidine groups is 1. The number of sulfonamides is 1. The average molecular weight is 921 g/mol. The molecule has 1 aromatic heterocycles. The number of carbonyl (C=O) groups is 4. The van der Waals surface area contributed by atoms with E-state index in [2.05, 4.69) is 78.0 Å². The number of esters is 1. The molecule has 7 rings (SSSR count). The molecule has 3 amide bonds. The molecule has 5 aromatic carbocycles. The van der Waals surface area contributed by atoms with E-state index >= 15 is 0 Å². The number of nitrogens with one attached hydrogen (secondary N) is 3. The van der Waals surface area contributed by atoms with Gasteiger partial charge in [0.2, 0.25) is 17.8 Å². The van der Waals surface area contributed by atoms with Gasteiger partial charge in [0, 0.05) is 43.8 Å². The first-order valence-electron chi connectivity index (χ1n) is 21.7. The summed E-state index contributed by atoms with van der Waals surface area (Å²) in [6, 6.07) is 19.7. The first-order chi connectivity index (χ1) is 31.3. The van der Waals surface area contributed by atoms with Crippen LogP contribution in [-0.2, 0) is 40.4 Å². The topological polar surface area (TPSA) is 233 Å². The largest absolute Gasteiger partial charge is 0.467 e. The van der Waals surface area contributed by atoms with Gasteiger partial charge < -0.3 is 35.6 Å². The summed E-state index contributed by atoms with van der Waals surface area (Å²) < 4.78 is 39.8. The van der Waals surface area contributed by atoms with Gasteiger partial charge in [-0.15, -0.1) is 5.10 Å². The number of alkyl carbamates (subject to hydrolysis) is 1. The number of nitrogens with zero attached hydrogens (tertiary/aromatic N) is 6. The number of hydrogen-bond acceptors (Lipinski definition) is 12. The van der Waals surface area contributed by atoms with Crippen molar-refractivity contribution in [1.29, 1.82) is 0 Å². The van der Waals surface area contributed by atoms with Gasteiger partial charge in [-0.2, -0.15) is 0 Å². The Morgan fingerprint density at radius 3 is 2.27 bits per heavy atom. The van der Waals surface area contributed by atoms with Gasteiger partial charge >= 0.3 is 12.1 Å². The van der Waals surface area contributed by atoms with E-state index in [4.69, 9.17) is 15.2 Å². The van der Waals surface area contributed by atoms with E-state index in [0.29, 0.717) is 18.5 Å². The van der Waals surface area contributed by atoms with Crippen LogP contribution in [0.5, 0.6) is 0 Å². The molecule has 2 heterocycles. The SMILES string of the molecule is COC(=O)C(Cn1cc(-c2ccc3ccc4c(N(C)C)ccc5ccc2c3c54)nn1)NC(=O)C1CCCN1C(=O)[C@H](CCCN=C(N)NS(=O)(=O)c1ccc(C)cc1)NC(=O)OC(C)(C)C. The molecule has 1 aliphatic heterocycles. The quantitative estimate of drug-likeness (QED) is 0.0357. The van der Waals surface area contributed by atoms with E-state index in [1.54, 1.807) is 39.1 Å². The van der Waals surface area contributed by atoms with Crippen molar-refractivity contribution in [3.63, 3.8) is 0 Å². The Balaban J connectivity index is 1.05. The van der Waals surface area contributed by atoms with Gasteiger partial charge in [0.15, 0.2) is 0 Å². The Morgan fingerprint density at radius 2 is 1.59 bits per heavy atom. The zero-order chi connectivity index (χ0) is 47.5. The van der Waals surface area contributed by atoms with Gasteiger partial charge in [0.05, 0.1) is 24.7 Å². The fourth-order valence-corrected chi connectivity index (χ4v) is 9.29. The van der Waals surface area contributed by atoms with Crippen LogP contribution in [0.15, 0.2) is 88.9 Å². The monoisotopic (exact) mass is 920 g/mol. The van der Waals surface area contributed by atoms with E-state index < -0.39 is 57.6 Å². The third kappa shape index (κ3) is 10.4. The lowest BCUT2D eigenvalue weighted by Crippen LogP contribution is -2.56. The van der Waals surface area contributed by atoms with E-state index in [0.717, 1.165) is 49.1 Å². The molecular weight excluding hydrogens is 865 g/mol. The van der Waals surface area contributed by atoms with Gasteiger partial charge in [-0.3, -0.25) is 14.6 Å². The van der Waals surface area contributed by atoms with Crippen molar-refractivity contribution in [2.75, 3.05) is 39.2 Å². The second-order valence-corrected chi connectivity index (χ2v) is 19.3. The normalized spacial score (nSPS) is 15.5. The van der Waals surface area contributed by atoms with E-state index in [1.807, 2.05) is 27.1 Å². The zero-order valence-electron chi connectivity index (χ0n) is 38.1. The van der Waals surface area contributed by atoms with Crippen LogP contribution < -0.4 is 26.0 Å². The Bertz CT molecular complexity index is 2910. The van der Waals surface area contributed by atoms with Crippen LogP contribution in [0.1, 0.15) is 52.0 Å². The molecule has 3 atom stereocenters. The molecular formula is C47H56N10O8S. The van der Waals surface area contributed by atoms with E-state index in [1.165, 1.54) is 28.8 Å². The number of benzene rings is 5. The third-order valence-corrected chi connectivity index (χ3v) is 12.8. The molecule has 6 aromatic rings. The first-order valence-corrected chi connectivity index (χ1v) is 23.2. The van der Waals surface area contributed by atoms with E-state index in [-0.39, 0.29) is 43.3 Å². The number of ether oxygens (including phenoxy) is 2. The fraction of sp³-hybridized carbons (Fsp3) is 0.383. The van der Waals surface area contributed by atoms with Gasteiger partial charge in [-0.05, 0) is 98.5 Å². The molecule has 1 saturated heterocycles. The second kappa shape index (κ2) is 19.2. The number of aliphatic imine (C=N–C) groups is 1. The number of carbonyl (C=O) groups excluding carboxylic acids is 4. The average Bonchev–Trinajstić information content (AvgIpc) is 3.96. The number of nitrogens with two attached hydrogens (primary N) is 1. The number of amides is 3. The fourth-order valence-electron chi connectivity index (χ4n) is 8.34. The van der Waals surface area contributed by atoms with Crippen molar-refractivity contribution in [1.82, 2.24) is 35.2 Å². The van der Waals surface area contributed by atoms with Gasteiger partial charge in [0.1, 0.15) is 29.4 Å². The number of methoxy groups -OCH3 is 1. The predicted octanol–water partition coefficient (Wildman–Crippen LogP) is 4.83. The summed E-state index contributed by atoms with van der Waals surface area (Å²) in [7, 11) is 1.29. The summed E-state index contributed by atoms with van der Waals surface area (Å²) in [4.78, 5) is 62.0. The minimum absolute atomic E-state index is 0.00504. The van der Waals surface area contributed by atoms with Crippen LogP contribution in [0.4, 0.5) is 10.5 Å². The van der Waals surface area contributed by atoms with Crippen LogP contribution in [0.3, 0.4) is 0 Å². The predicted molar refractivity (Wildman–Crippen MR) is 253 cm³/mol. The summed E-state index contributed by atoms with van der Waals surface area (Å²) in [6.07, 6.45) is 1.90. The van der Waals surface area contributed by atoms with Crippen LogP contribution in [-0.4, -0.2) is 116 Å². The molecule has 66 heavy (non-hydrogen) atoms. The van der Waals surface area contributed by atoms with Crippen molar-refractivity contribution >= 4 is 77.9 Å². The number of aryl methyl sites for hydroxylation is 1. The highest BCUT2D eigenvalue weighted by Crippen LogP contribution is 2.41. The Hall–Kier alpha value is -7.02. The highest BCUT2D eigenvalue weighted by molar-refractivity contribution is 7.90. The maximum atomic E-state index is 14.2. The number of rotatable bonds is 15. The standard InChI is InChI=1S/C47H56N10O8S/c1-28-12-18-31(19-13-28)66(62,63)53-45(48)49-24-8-10-35(51-46(61)65-47(2,3)4)43(59)57-25-9-11-39(57)42(58)50-37(44(60)64-7)27-56-26-36(52-54-56)32-20-14-29-16-22-34-38(55(5)6)23-17-30-15-21-33(32)40(29)41(30)34/h12-23,26,35,37,39H,8-11,24-25,27H2,1-7H3,(H,50,58)(H,51,61)(H3,48,49,53)/t35-,37?,39?/m0/s1. The summed E-state index contributed by atoms with van der Waals surface area (Å²) in [6.45, 7) is 6.99. The molecule has 0 spiro atoms. The minimum atomic E-state index is -3.98. The molecule has 0 aliphatic carbocycles. The van der Waals surface area contributed by atoms with Crippen molar-refractivity contribution < 1.29 is 37.1 Å². The molecule has 348 valence electrons. The number of aromatic nitrogens is 3. The highest BCUT2D eigenvalue weighted by Gasteiger charge is 2.39. The molecule has 1 aliphatic rings. The minimum Gasteiger partial charge on any atom is -0.467 e. The molecule has 0 radical (unpaired) electrons. The molecule has 19 heteroatoms. The van der Waals surface area contributed by atoms with Crippen molar-refractivity contribution in [3.05, 3.63) is 84.6 Å². The summed E-state index contributed by atoms with van der Waals surface area (Å²) >= 11 is 0. The van der Waals surface area contributed by atoms with Gasteiger partial charge in [-0.25, -0.2) is 27.4 Å². The third-order valence-electron chi connectivity index (χ3n) is 11.4. The Kier molecular flexibility index (Phi) is 13.7. The maximum Gasteiger partial charge on any atom is 0.408 e. The lowest BCUT2D eigenvalue weighted by Gasteiger charge is -2.30. The number of hydrogen-bond donors (Lipinski definition) is 4. The van der Waals surface area contributed by atoms with Crippen molar-refractivity contribution in [2.45, 2.75) is 88.5 Å². The zero-order valence-corrected chi connectivity index (χ0v) is 38.9. The summed E-state index contributed by atoms with van der Waals surface area (Å²) in [5.41, 5.74) is 8.47. The maximum absolute atomic E-state index is 14.2. The molecule has 1 fully saturated rings. The van der Waals surface area contributed by atoms with Crippen LogP contribution >= 0.6 is 0 Å². The molecule has 2 unspecified atom stereocenters. The summed E-state index contributed by atoms with van der Waals surface area (Å²) in [5.74, 6) is -2.20. The van der Waals surface area contributed by atoms with E-state index in [9.17, 15) is 27.6 Å². The lowest BCUT2D eigenvalue weighted by molar-refractivity contribution is -0.147. The first kappa shape index (κ1) is 47.0. The smallest absolute Gasteiger partial charge is 0.408 e. The van der Waals surface area contributed by atoms with Crippen LogP contribution in [0, 0.1) is 6.92 Å². The number of likely N-dealkylation sites (tertiary alicyclic amines) is 1. The van der Waals surface area contributed by atoms with Gasteiger partial charge in [0.25, 0.3) is 10.0 Å². The molecule has 5 N–H and O–H groups in total. The summed E-state index contributed by atoms with van der Waals surface area (Å²) in [5, 5.41) is 20.8.